The Balaban J connectivity index is 2.36. The maximum Gasteiger partial charge on any atom is 0.302 e. The van der Waals surface area contributed by atoms with Crippen molar-refractivity contribution in [3.8, 4) is 0 Å². The normalized spacial score (nSPS) is 12.2. The first kappa shape index (κ1) is 14.0. The van der Waals surface area contributed by atoms with E-state index in [1.165, 1.54) is 6.92 Å². The van der Waals surface area contributed by atoms with Crippen molar-refractivity contribution in [1.82, 2.24) is 5.32 Å². The second kappa shape index (κ2) is 7.30. The third-order valence-electron chi connectivity index (χ3n) is 2.49. The third kappa shape index (κ3) is 5.71. The molecule has 1 rings (SSSR count). The van der Waals surface area contributed by atoms with Crippen LogP contribution in [-0.4, -0.2) is 18.6 Å². The van der Waals surface area contributed by atoms with Crippen molar-refractivity contribution in [2.24, 2.45) is 0 Å². The molecule has 0 aliphatic rings. The van der Waals surface area contributed by atoms with E-state index in [0.29, 0.717) is 6.61 Å². The fourth-order valence-electron chi connectivity index (χ4n) is 1.40. The van der Waals surface area contributed by atoms with Gasteiger partial charge in [0.05, 0.1) is 0 Å². The lowest BCUT2D eigenvalue weighted by molar-refractivity contribution is -0.141. The van der Waals surface area contributed by atoms with Crippen LogP contribution in [0.1, 0.15) is 25.8 Å². The van der Waals surface area contributed by atoms with Gasteiger partial charge in [0, 0.05) is 24.5 Å². The molecule has 0 aliphatic carbocycles. The smallest absolute Gasteiger partial charge is 0.302 e. The van der Waals surface area contributed by atoms with Crippen LogP contribution in [0, 0.1) is 0 Å². The van der Waals surface area contributed by atoms with E-state index in [-0.39, 0.29) is 12.0 Å². The Morgan fingerprint density at radius 3 is 2.59 bits per heavy atom. The van der Waals surface area contributed by atoms with Crippen LogP contribution >= 0.6 is 11.6 Å². The molecule has 0 fully saturated rings. The molecular weight excluding hydrogens is 238 g/mol. The highest BCUT2D eigenvalue weighted by Crippen LogP contribution is 2.09. The molecule has 17 heavy (non-hydrogen) atoms. The molecule has 0 bridgehead atoms. The van der Waals surface area contributed by atoms with Crippen molar-refractivity contribution in [2.45, 2.75) is 32.9 Å². The number of carbonyl (C=O) groups excluding carboxylic acids is 1. The first-order valence-corrected chi connectivity index (χ1v) is 6.10. The Bertz CT molecular complexity index is 351. The molecule has 0 spiro atoms. The highest BCUT2D eigenvalue weighted by atomic mass is 35.5. The zero-order valence-electron chi connectivity index (χ0n) is 10.2. The van der Waals surface area contributed by atoms with Gasteiger partial charge in [-0.25, -0.2) is 0 Å². The van der Waals surface area contributed by atoms with Crippen LogP contribution in [0.3, 0.4) is 0 Å². The van der Waals surface area contributed by atoms with Gasteiger partial charge >= 0.3 is 5.97 Å². The fraction of sp³-hybridized carbons (Fsp3) is 0.462. The van der Waals surface area contributed by atoms with Crippen LogP contribution in [0.4, 0.5) is 0 Å². The summed E-state index contributed by atoms with van der Waals surface area (Å²) in [7, 11) is 0. The van der Waals surface area contributed by atoms with Crippen LogP contribution in [0.25, 0.3) is 0 Å². The molecule has 0 radical (unpaired) electrons. The second-order valence-corrected chi connectivity index (χ2v) is 4.35. The van der Waals surface area contributed by atoms with E-state index in [4.69, 9.17) is 16.3 Å². The van der Waals surface area contributed by atoms with Crippen molar-refractivity contribution in [2.75, 3.05) is 6.61 Å². The lowest BCUT2D eigenvalue weighted by atomic mass is 10.2. The number of halogens is 1. The van der Waals surface area contributed by atoms with Gasteiger partial charge in [-0.3, -0.25) is 4.79 Å². The summed E-state index contributed by atoms with van der Waals surface area (Å²) in [4.78, 5) is 10.7. The topological polar surface area (TPSA) is 38.3 Å². The van der Waals surface area contributed by atoms with Gasteiger partial charge in [0.2, 0.25) is 0 Å². The van der Waals surface area contributed by atoms with Crippen molar-refractivity contribution in [1.29, 1.82) is 0 Å². The average molecular weight is 256 g/mol. The van der Waals surface area contributed by atoms with Gasteiger partial charge in [-0.05, 0) is 24.1 Å². The fourth-order valence-corrected chi connectivity index (χ4v) is 1.53. The van der Waals surface area contributed by atoms with Crippen LogP contribution in [0.15, 0.2) is 24.3 Å². The molecule has 0 heterocycles. The number of nitrogens with one attached hydrogen (secondary N) is 1. The molecule has 4 heteroatoms. The highest BCUT2D eigenvalue weighted by molar-refractivity contribution is 6.30. The summed E-state index contributed by atoms with van der Waals surface area (Å²) in [5, 5.41) is 4.08. The lowest BCUT2D eigenvalue weighted by Crippen LogP contribution is -2.33. The molecule has 0 saturated heterocycles. The van der Waals surface area contributed by atoms with Gasteiger partial charge in [-0.1, -0.05) is 30.7 Å². The van der Waals surface area contributed by atoms with Gasteiger partial charge in [-0.15, -0.1) is 0 Å². The molecule has 0 aliphatic heterocycles. The van der Waals surface area contributed by atoms with Gasteiger partial charge in [0.1, 0.15) is 6.61 Å². The van der Waals surface area contributed by atoms with Gasteiger partial charge < -0.3 is 10.1 Å². The quantitative estimate of drug-likeness (QED) is 0.795. The molecule has 0 amide bonds. The minimum Gasteiger partial charge on any atom is -0.464 e. The summed E-state index contributed by atoms with van der Waals surface area (Å²) in [6.45, 7) is 4.64. The first-order chi connectivity index (χ1) is 8.11. The number of benzene rings is 1. The highest BCUT2D eigenvalue weighted by Gasteiger charge is 2.07. The zero-order chi connectivity index (χ0) is 12.7. The summed E-state index contributed by atoms with van der Waals surface area (Å²) in [6, 6.07) is 7.88. The molecule has 94 valence electrons. The number of esters is 1. The van der Waals surface area contributed by atoms with Crippen molar-refractivity contribution in [3.63, 3.8) is 0 Å². The summed E-state index contributed by atoms with van der Waals surface area (Å²) >= 11 is 5.81. The molecule has 1 atom stereocenters. The van der Waals surface area contributed by atoms with E-state index < -0.39 is 0 Å². The molecule has 1 aromatic carbocycles. The molecule has 1 unspecified atom stereocenters. The van der Waals surface area contributed by atoms with E-state index in [1.807, 2.05) is 24.3 Å². The first-order valence-electron chi connectivity index (χ1n) is 5.73. The number of hydrogen-bond donors (Lipinski definition) is 1. The Labute approximate surface area is 107 Å². The molecule has 0 aromatic heterocycles. The Morgan fingerprint density at radius 2 is 2.06 bits per heavy atom. The average Bonchev–Trinajstić information content (AvgIpc) is 2.31. The Morgan fingerprint density at radius 1 is 1.41 bits per heavy atom. The van der Waals surface area contributed by atoms with Crippen molar-refractivity contribution < 1.29 is 9.53 Å². The predicted molar refractivity (Wildman–Crippen MR) is 69.0 cm³/mol. The number of hydrogen-bond acceptors (Lipinski definition) is 3. The largest absolute Gasteiger partial charge is 0.464 e. The van der Waals surface area contributed by atoms with Crippen molar-refractivity contribution >= 4 is 17.6 Å². The molecule has 1 N–H and O–H groups in total. The molecule has 1 aromatic rings. The minimum atomic E-state index is -0.239. The van der Waals surface area contributed by atoms with Crippen LogP contribution in [0.2, 0.25) is 5.02 Å². The standard InChI is InChI=1S/C13H18ClNO2/c1-3-13(9-17-10(2)16)15-8-11-4-6-12(14)7-5-11/h4-7,13,15H,3,8-9H2,1-2H3. The van der Waals surface area contributed by atoms with Crippen molar-refractivity contribution in [3.05, 3.63) is 34.9 Å². The monoisotopic (exact) mass is 255 g/mol. The third-order valence-corrected chi connectivity index (χ3v) is 2.74. The minimum absolute atomic E-state index is 0.189. The van der Waals surface area contributed by atoms with Crippen LogP contribution < -0.4 is 5.32 Å². The summed E-state index contributed by atoms with van der Waals surface area (Å²) < 4.78 is 4.98. The van der Waals surface area contributed by atoms with Crippen LogP contribution in [-0.2, 0) is 16.1 Å². The maximum atomic E-state index is 10.7. The van der Waals surface area contributed by atoms with E-state index >= 15 is 0 Å². The Hall–Kier alpha value is -1.06. The van der Waals surface area contributed by atoms with E-state index in [0.717, 1.165) is 23.6 Å². The van der Waals surface area contributed by atoms with E-state index in [9.17, 15) is 4.79 Å². The summed E-state index contributed by atoms with van der Waals surface area (Å²) in [6.07, 6.45) is 0.918. The van der Waals surface area contributed by atoms with Gasteiger partial charge in [0.15, 0.2) is 0 Å². The van der Waals surface area contributed by atoms with E-state index in [1.54, 1.807) is 0 Å². The van der Waals surface area contributed by atoms with Gasteiger partial charge in [-0.2, -0.15) is 0 Å². The summed E-state index contributed by atoms with van der Waals surface area (Å²) in [5.41, 5.74) is 1.16. The molecule has 3 nitrogen and oxygen atoms in total. The molecular formula is C13H18ClNO2. The van der Waals surface area contributed by atoms with Crippen LogP contribution in [0.5, 0.6) is 0 Å². The lowest BCUT2D eigenvalue weighted by Gasteiger charge is -2.16. The van der Waals surface area contributed by atoms with Gasteiger partial charge in [0.25, 0.3) is 0 Å². The summed E-state index contributed by atoms with van der Waals surface area (Å²) in [5.74, 6) is -0.239. The SMILES string of the molecule is CCC(COC(C)=O)NCc1ccc(Cl)cc1. The predicted octanol–water partition coefficient (Wildman–Crippen LogP) is 2.77. The second-order valence-electron chi connectivity index (χ2n) is 3.92. The van der Waals surface area contributed by atoms with E-state index in [2.05, 4.69) is 12.2 Å². The maximum absolute atomic E-state index is 10.7. The number of carbonyl (C=O) groups is 1. The molecule has 0 saturated carbocycles. The Kier molecular flexibility index (Phi) is 6.01. The number of rotatable bonds is 6. The zero-order valence-corrected chi connectivity index (χ0v) is 11.0. The number of ether oxygens (including phenoxy) is 1.